The van der Waals surface area contributed by atoms with Crippen LogP contribution in [0.3, 0.4) is 0 Å². The molecule has 2 aromatic carbocycles. The topological polar surface area (TPSA) is 66.5 Å². The van der Waals surface area contributed by atoms with Crippen LogP contribution in [0.1, 0.15) is 41.3 Å². The number of carbonyl (C=O) groups is 1. The van der Waals surface area contributed by atoms with Gasteiger partial charge in [-0.1, -0.05) is 31.2 Å². The number of sulfonamides is 1. The van der Waals surface area contributed by atoms with E-state index in [1.54, 1.807) is 12.1 Å². The number of nitrogens with one attached hydrogen (secondary N) is 1. The van der Waals surface area contributed by atoms with Gasteiger partial charge >= 0.3 is 0 Å². The van der Waals surface area contributed by atoms with Gasteiger partial charge in [0.1, 0.15) is 0 Å². The number of anilines is 1. The Balaban J connectivity index is 1.85. The molecule has 27 heavy (non-hydrogen) atoms. The number of nitrogens with zero attached hydrogens (tertiary/aromatic N) is 1. The Labute approximate surface area is 161 Å². The highest BCUT2D eigenvalue weighted by atomic mass is 32.2. The zero-order chi connectivity index (χ0) is 19.6. The molecule has 0 aromatic heterocycles. The molecule has 5 nitrogen and oxygen atoms in total. The SMILES string of the molecule is Cc1cccc(C)c1NS(=O)(=O)c1cccc(C(=O)N2CCC(C)CC2)c1. The van der Waals surface area contributed by atoms with Crippen molar-refractivity contribution in [3.8, 4) is 0 Å². The van der Waals surface area contributed by atoms with Crippen molar-refractivity contribution < 1.29 is 13.2 Å². The molecule has 6 heteroatoms. The van der Waals surface area contributed by atoms with Gasteiger partial charge in [-0.15, -0.1) is 0 Å². The van der Waals surface area contributed by atoms with Crippen molar-refractivity contribution in [2.75, 3.05) is 17.8 Å². The zero-order valence-electron chi connectivity index (χ0n) is 16.0. The second-order valence-corrected chi connectivity index (χ2v) is 9.06. The summed E-state index contributed by atoms with van der Waals surface area (Å²) in [6.07, 6.45) is 1.97. The summed E-state index contributed by atoms with van der Waals surface area (Å²) < 4.78 is 28.4. The Morgan fingerprint density at radius 2 is 1.63 bits per heavy atom. The van der Waals surface area contributed by atoms with Crippen LogP contribution in [0.2, 0.25) is 0 Å². The molecule has 3 rings (SSSR count). The number of piperidine rings is 1. The highest BCUT2D eigenvalue weighted by Gasteiger charge is 2.23. The maximum Gasteiger partial charge on any atom is 0.261 e. The van der Waals surface area contributed by atoms with Crippen LogP contribution in [-0.4, -0.2) is 32.3 Å². The summed E-state index contributed by atoms with van der Waals surface area (Å²) in [4.78, 5) is 14.7. The number of likely N-dealkylation sites (tertiary alicyclic amines) is 1. The summed E-state index contributed by atoms with van der Waals surface area (Å²) in [7, 11) is -3.77. The quantitative estimate of drug-likeness (QED) is 0.864. The number of hydrogen-bond acceptors (Lipinski definition) is 3. The van der Waals surface area contributed by atoms with E-state index in [2.05, 4.69) is 11.6 Å². The molecule has 1 fully saturated rings. The molecule has 1 N–H and O–H groups in total. The van der Waals surface area contributed by atoms with Gasteiger partial charge < -0.3 is 4.90 Å². The maximum absolute atomic E-state index is 12.9. The van der Waals surface area contributed by atoms with E-state index in [1.807, 2.05) is 36.9 Å². The summed E-state index contributed by atoms with van der Waals surface area (Å²) in [5.74, 6) is 0.522. The minimum absolute atomic E-state index is 0.0985. The second-order valence-electron chi connectivity index (χ2n) is 7.37. The van der Waals surface area contributed by atoms with Crippen molar-refractivity contribution in [1.29, 1.82) is 0 Å². The molecule has 0 bridgehead atoms. The number of rotatable bonds is 4. The van der Waals surface area contributed by atoms with Crippen LogP contribution >= 0.6 is 0 Å². The summed E-state index contributed by atoms with van der Waals surface area (Å²) in [6.45, 7) is 7.35. The number of aryl methyl sites for hydroxylation is 2. The van der Waals surface area contributed by atoms with Gasteiger partial charge in [0.2, 0.25) is 0 Å². The van der Waals surface area contributed by atoms with Crippen molar-refractivity contribution in [2.24, 2.45) is 5.92 Å². The Bertz CT molecular complexity index is 925. The van der Waals surface area contributed by atoms with E-state index in [0.29, 0.717) is 17.2 Å². The molecule has 1 aliphatic heterocycles. The molecular formula is C21H26N2O3S. The molecule has 2 aromatic rings. The lowest BCUT2D eigenvalue weighted by molar-refractivity contribution is 0.0697. The van der Waals surface area contributed by atoms with Gasteiger partial charge in [0.05, 0.1) is 10.6 Å². The minimum Gasteiger partial charge on any atom is -0.339 e. The maximum atomic E-state index is 12.9. The molecule has 1 heterocycles. The first-order valence-corrected chi connectivity index (χ1v) is 10.7. The minimum atomic E-state index is -3.77. The van der Waals surface area contributed by atoms with Gasteiger partial charge in [0.25, 0.3) is 15.9 Å². The van der Waals surface area contributed by atoms with E-state index in [-0.39, 0.29) is 10.8 Å². The summed E-state index contributed by atoms with van der Waals surface area (Å²) in [5, 5.41) is 0. The number of benzene rings is 2. The van der Waals surface area contributed by atoms with Crippen LogP contribution in [0.15, 0.2) is 47.4 Å². The van der Waals surface area contributed by atoms with Crippen molar-refractivity contribution in [3.05, 3.63) is 59.2 Å². The average molecular weight is 387 g/mol. The third-order valence-corrected chi connectivity index (χ3v) is 6.53. The fourth-order valence-corrected chi connectivity index (χ4v) is 4.61. The van der Waals surface area contributed by atoms with Crippen molar-refractivity contribution in [2.45, 2.75) is 38.5 Å². The monoisotopic (exact) mass is 386 g/mol. The summed E-state index contributed by atoms with van der Waals surface area (Å²) in [5.41, 5.74) is 2.70. The van der Waals surface area contributed by atoms with Gasteiger partial charge in [0, 0.05) is 18.7 Å². The molecule has 1 aliphatic rings. The molecule has 0 radical (unpaired) electrons. The molecule has 1 amide bonds. The van der Waals surface area contributed by atoms with Gasteiger partial charge in [-0.3, -0.25) is 9.52 Å². The van der Waals surface area contributed by atoms with E-state index in [4.69, 9.17) is 0 Å². The van der Waals surface area contributed by atoms with Gasteiger partial charge in [-0.05, 0) is 61.9 Å². The van der Waals surface area contributed by atoms with Gasteiger partial charge in [-0.2, -0.15) is 0 Å². The van der Waals surface area contributed by atoms with Crippen LogP contribution in [0, 0.1) is 19.8 Å². The first-order chi connectivity index (χ1) is 12.8. The number of amides is 1. The van der Waals surface area contributed by atoms with E-state index in [0.717, 1.165) is 37.1 Å². The first-order valence-electron chi connectivity index (χ1n) is 9.26. The van der Waals surface area contributed by atoms with Crippen LogP contribution in [-0.2, 0) is 10.0 Å². The largest absolute Gasteiger partial charge is 0.339 e. The summed E-state index contributed by atoms with van der Waals surface area (Å²) in [6, 6.07) is 11.9. The Morgan fingerprint density at radius 1 is 1.04 bits per heavy atom. The third kappa shape index (κ3) is 4.33. The normalized spacial score (nSPS) is 15.6. The lowest BCUT2D eigenvalue weighted by Gasteiger charge is -2.30. The number of para-hydroxylation sites is 1. The first kappa shape index (κ1) is 19.4. The third-order valence-electron chi connectivity index (χ3n) is 5.18. The average Bonchev–Trinajstić information content (AvgIpc) is 2.65. The highest BCUT2D eigenvalue weighted by Crippen LogP contribution is 2.24. The molecule has 0 unspecified atom stereocenters. The van der Waals surface area contributed by atoms with Crippen LogP contribution in [0.4, 0.5) is 5.69 Å². The standard InChI is InChI=1S/C21H26N2O3S/c1-15-10-12-23(13-11-15)21(24)18-8-5-9-19(14-18)27(25,26)22-20-16(2)6-4-7-17(20)3/h4-9,14-15,22H,10-13H2,1-3H3. The number of hydrogen-bond donors (Lipinski definition) is 1. The van der Waals surface area contributed by atoms with E-state index in [1.165, 1.54) is 12.1 Å². The lowest BCUT2D eigenvalue weighted by atomic mass is 9.98. The summed E-state index contributed by atoms with van der Waals surface area (Å²) >= 11 is 0. The van der Waals surface area contributed by atoms with Crippen LogP contribution in [0.5, 0.6) is 0 Å². The fourth-order valence-electron chi connectivity index (χ4n) is 3.36. The zero-order valence-corrected chi connectivity index (χ0v) is 16.8. The van der Waals surface area contributed by atoms with Crippen LogP contribution in [0.25, 0.3) is 0 Å². The molecule has 0 saturated carbocycles. The Hall–Kier alpha value is -2.34. The molecule has 144 valence electrons. The van der Waals surface area contributed by atoms with Crippen molar-refractivity contribution in [1.82, 2.24) is 4.90 Å². The van der Waals surface area contributed by atoms with Crippen molar-refractivity contribution in [3.63, 3.8) is 0 Å². The molecule has 1 saturated heterocycles. The predicted octanol–water partition coefficient (Wildman–Crippen LogP) is 3.98. The molecular weight excluding hydrogens is 360 g/mol. The van der Waals surface area contributed by atoms with Crippen LogP contribution < -0.4 is 4.72 Å². The second kappa shape index (κ2) is 7.72. The molecule has 0 spiro atoms. The Kier molecular flexibility index (Phi) is 5.56. The van der Waals surface area contributed by atoms with Crippen molar-refractivity contribution >= 4 is 21.6 Å². The number of carbonyl (C=O) groups excluding carboxylic acids is 1. The smallest absolute Gasteiger partial charge is 0.261 e. The fraction of sp³-hybridized carbons (Fsp3) is 0.381. The van der Waals surface area contributed by atoms with E-state index < -0.39 is 10.0 Å². The molecule has 0 atom stereocenters. The van der Waals surface area contributed by atoms with E-state index in [9.17, 15) is 13.2 Å². The Morgan fingerprint density at radius 3 is 2.26 bits per heavy atom. The highest BCUT2D eigenvalue weighted by molar-refractivity contribution is 7.92. The van der Waals surface area contributed by atoms with Gasteiger partial charge in [-0.25, -0.2) is 8.42 Å². The lowest BCUT2D eigenvalue weighted by Crippen LogP contribution is -2.37. The van der Waals surface area contributed by atoms with E-state index >= 15 is 0 Å². The van der Waals surface area contributed by atoms with Gasteiger partial charge in [0.15, 0.2) is 0 Å². The predicted molar refractivity (Wildman–Crippen MR) is 107 cm³/mol. The molecule has 0 aliphatic carbocycles.